The Labute approximate surface area is 122 Å². The van der Waals surface area contributed by atoms with Gasteiger partial charge in [-0.15, -0.1) is 0 Å². The smallest absolute Gasteiger partial charge is 0.251 e. The van der Waals surface area contributed by atoms with Crippen LogP contribution >= 0.6 is 0 Å². The molecule has 1 aromatic heterocycles. The minimum atomic E-state index is -0.0254. The Morgan fingerprint density at radius 1 is 1.30 bits per heavy atom. The van der Waals surface area contributed by atoms with Gasteiger partial charge < -0.3 is 10.6 Å². The second kappa shape index (κ2) is 7.88. The number of carbonyl (C=O) groups is 1. The van der Waals surface area contributed by atoms with Gasteiger partial charge in [0.25, 0.3) is 5.91 Å². The van der Waals surface area contributed by atoms with Crippen LogP contribution in [0.15, 0.2) is 12.1 Å². The number of nitrogens with zero attached hydrogens (tertiary/aromatic N) is 1. The van der Waals surface area contributed by atoms with Crippen molar-refractivity contribution < 1.29 is 4.79 Å². The minimum Gasteiger partial charge on any atom is -0.370 e. The first kappa shape index (κ1) is 16.5. The van der Waals surface area contributed by atoms with Crippen molar-refractivity contribution in [3.8, 4) is 0 Å². The van der Waals surface area contributed by atoms with Crippen molar-refractivity contribution >= 4 is 11.7 Å². The number of aromatic nitrogens is 1. The molecule has 1 heterocycles. The summed E-state index contributed by atoms with van der Waals surface area (Å²) in [7, 11) is 0. The van der Waals surface area contributed by atoms with Crippen LogP contribution in [-0.4, -0.2) is 24.0 Å². The molecule has 0 saturated heterocycles. The van der Waals surface area contributed by atoms with Gasteiger partial charge in [0.1, 0.15) is 5.82 Å². The molecule has 0 aromatic carbocycles. The van der Waals surface area contributed by atoms with E-state index in [2.05, 4.69) is 43.3 Å². The molecular weight excluding hydrogens is 250 g/mol. The van der Waals surface area contributed by atoms with E-state index in [0.717, 1.165) is 24.5 Å². The molecule has 0 saturated carbocycles. The molecule has 112 valence electrons. The van der Waals surface area contributed by atoms with Gasteiger partial charge in [-0.1, -0.05) is 27.7 Å². The average molecular weight is 277 g/mol. The number of nitrogens with one attached hydrogen (secondary N) is 2. The van der Waals surface area contributed by atoms with E-state index in [-0.39, 0.29) is 5.91 Å². The highest BCUT2D eigenvalue weighted by Crippen LogP contribution is 2.12. The molecule has 4 heteroatoms. The lowest BCUT2D eigenvalue weighted by molar-refractivity contribution is 0.0944. The van der Waals surface area contributed by atoms with E-state index in [1.807, 2.05) is 19.1 Å². The van der Waals surface area contributed by atoms with Gasteiger partial charge in [0, 0.05) is 24.3 Å². The highest BCUT2D eigenvalue weighted by atomic mass is 16.1. The minimum absolute atomic E-state index is 0.0254. The third kappa shape index (κ3) is 5.19. The molecule has 0 bridgehead atoms. The lowest BCUT2D eigenvalue weighted by Gasteiger charge is -2.16. The van der Waals surface area contributed by atoms with Crippen molar-refractivity contribution in [2.24, 2.45) is 11.8 Å². The summed E-state index contributed by atoms with van der Waals surface area (Å²) in [5.74, 6) is 1.78. The third-order valence-electron chi connectivity index (χ3n) is 3.49. The number of carbonyl (C=O) groups excluding carboxylic acids is 1. The summed E-state index contributed by atoms with van der Waals surface area (Å²) in [5, 5.41) is 6.22. The van der Waals surface area contributed by atoms with E-state index < -0.39 is 0 Å². The zero-order chi connectivity index (χ0) is 15.1. The summed E-state index contributed by atoms with van der Waals surface area (Å²) in [6.07, 6.45) is 1.03. The van der Waals surface area contributed by atoms with Crippen LogP contribution in [-0.2, 0) is 0 Å². The summed E-state index contributed by atoms with van der Waals surface area (Å²) in [5.41, 5.74) is 1.53. The summed E-state index contributed by atoms with van der Waals surface area (Å²) in [6, 6.07) is 3.64. The highest BCUT2D eigenvalue weighted by molar-refractivity contribution is 5.95. The molecule has 1 atom stereocenters. The second-order valence-corrected chi connectivity index (χ2v) is 5.74. The Hall–Kier alpha value is -1.58. The van der Waals surface area contributed by atoms with Crippen LogP contribution in [0.5, 0.6) is 0 Å². The van der Waals surface area contributed by atoms with Crippen LogP contribution < -0.4 is 10.6 Å². The Morgan fingerprint density at radius 3 is 2.60 bits per heavy atom. The molecule has 0 aliphatic heterocycles. The van der Waals surface area contributed by atoms with Crippen LogP contribution in [0, 0.1) is 18.8 Å². The maximum absolute atomic E-state index is 12.2. The molecule has 2 N–H and O–H groups in total. The Balaban J connectivity index is 2.69. The van der Waals surface area contributed by atoms with Gasteiger partial charge >= 0.3 is 0 Å². The SMILES string of the molecule is CCCNc1cc(C(=O)NCC(C)C(C)C)cc(C)n1. The fourth-order valence-electron chi connectivity index (χ4n) is 1.73. The van der Waals surface area contributed by atoms with Crippen LogP contribution in [0.2, 0.25) is 0 Å². The first-order valence-corrected chi connectivity index (χ1v) is 7.44. The van der Waals surface area contributed by atoms with Gasteiger partial charge in [0.2, 0.25) is 0 Å². The molecule has 4 nitrogen and oxygen atoms in total. The van der Waals surface area contributed by atoms with Crippen LogP contribution in [0.25, 0.3) is 0 Å². The van der Waals surface area contributed by atoms with E-state index >= 15 is 0 Å². The van der Waals surface area contributed by atoms with Crippen molar-refractivity contribution in [2.75, 3.05) is 18.4 Å². The number of hydrogen-bond acceptors (Lipinski definition) is 3. The fourth-order valence-corrected chi connectivity index (χ4v) is 1.73. The van der Waals surface area contributed by atoms with Gasteiger partial charge in [0.15, 0.2) is 0 Å². The van der Waals surface area contributed by atoms with Crippen LogP contribution in [0.3, 0.4) is 0 Å². The van der Waals surface area contributed by atoms with Crippen molar-refractivity contribution in [1.82, 2.24) is 10.3 Å². The standard InChI is InChI=1S/C16H27N3O/c1-6-7-17-15-9-14(8-13(5)19-15)16(20)18-10-12(4)11(2)3/h8-9,11-12H,6-7,10H2,1-5H3,(H,17,19)(H,18,20). The maximum atomic E-state index is 12.2. The summed E-state index contributed by atoms with van der Waals surface area (Å²) in [6.45, 7) is 12.1. The normalized spacial score (nSPS) is 12.3. The maximum Gasteiger partial charge on any atom is 0.251 e. The zero-order valence-electron chi connectivity index (χ0n) is 13.3. The van der Waals surface area contributed by atoms with Crippen molar-refractivity contribution in [1.29, 1.82) is 0 Å². The first-order chi connectivity index (χ1) is 9.43. The lowest BCUT2D eigenvalue weighted by atomic mass is 9.98. The number of aryl methyl sites for hydroxylation is 1. The zero-order valence-corrected chi connectivity index (χ0v) is 13.3. The van der Waals surface area contributed by atoms with E-state index in [1.165, 1.54) is 0 Å². The Morgan fingerprint density at radius 2 is 2.00 bits per heavy atom. The molecule has 0 aliphatic rings. The van der Waals surface area contributed by atoms with Crippen molar-refractivity contribution in [3.63, 3.8) is 0 Å². The Bertz CT molecular complexity index is 443. The monoisotopic (exact) mass is 277 g/mol. The molecule has 0 radical (unpaired) electrons. The average Bonchev–Trinajstić information content (AvgIpc) is 2.41. The number of anilines is 1. The largest absolute Gasteiger partial charge is 0.370 e. The molecule has 1 aromatic rings. The van der Waals surface area contributed by atoms with Gasteiger partial charge in [-0.25, -0.2) is 4.98 Å². The molecule has 1 rings (SSSR count). The Kier molecular flexibility index (Phi) is 6.49. The quantitative estimate of drug-likeness (QED) is 0.804. The van der Waals surface area contributed by atoms with Gasteiger partial charge in [-0.3, -0.25) is 4.79 Å². The van der Waals surface area contributed by atoms with E-state index in [9.17, 15) is 4.79 Å². The topological polar surface area (TPSA) is 54.0 Å². The summed E-state index contributed by atoms with van der Waals surface area (Å²) < 4.78 is 0. The number of pyridine rings is 1. The van der Waals surface area contributed by atoms with E-state index in [1.54, 1.807) is 0 Å². The van der Waals surface area contributed by atoms with Gasteiger partial charge in [-0.2, -0.15) is 0 Å². The van der Waals surface area contributed by atoms with Crippen LogP contribution in [0.4, 0.5) is 5.82 Å². The third-order valence-corrected chi connectivity index (χ3v) is 3.49. The number of amides is 1. The molecule has 20 heavy (non-hydrogen) atoms. The molecule has 0 aliphatic carbocycles. The van der Waals surface area contributed by atoms with Crippen LogP contribution in [0.1, 0.15) is 50.2 Å². The summed E-state index contributed by atoms with van der Waals surface area (Å²) in [4.78, 5) is 16.6. The van der Waals surface area contributed by atoms with Gasteiger partial charge in [-0.05, 0) is 37.3 Å². The van der Waals surface area contributed by atoms with E-state index in [4.69, 9.17) is 0 Å². The summed E-state index contributed by atoms with van der Waals surface area (Å²) >= 11 is 0. The van der Waals surface area contributed by atoms with E-state index in [0.29, 0.717) is 23.9 Å². The van der Waals surface area contributed by atoms with Crippen molar-refractivity contribution in [3.05, 3.63) is 23.4 Å². The molecular formula is C16H27N3O. The predicted octanol–water partition coefficient (Wildman–Crippen LogP) is 3.23. The highest BCUT2D eigenvalue weighted by Gasteiger charge is 2.12. The fraction of sp³-hybridized carbons (Fsp3) is 0.625. The predicted molar refractivity (Wildman–Crippen MR) is 84.1 cm³/mol. The molecule has 1 amide bonds. The second-order valence-electron chi connectivity index (χ2n) is 5.74. The van der Waals surface area contributed by atoms with Gasteiger partial charge in [0.05, 0.1) is 0 Å². The molecule has 0 spiro atoms. The lowest BCUT2D eigenvalue weighted by Crippen LogP contribution is -2.30. The first-order valence-electron chi connectivity index (χ1n) is 7.44. The van der Waals surface area contributed by atoms with Crippen molar-refractivity contribution in [2.45, 2.75) is 41.0 Å². The number of rotatable bonds is 7. The molecule has 0 fully saturated rings. The number of hydrogen-bond donors (Lipinski definition) is 2. The molecule has 1 unspecified atom stereocenters.